The van der Waals surface area contributed by atoms with Gasteiger partial charge in [-0.05, 0) is 74.2 Å². The predicted octanol–water partition coefficient (Wildman–Crippen LogP) is 4.24. The number of aryl methyl sites for hydroxylation is 2. The third-order valence-electron chi connectivity index (χ3n) is 5.71. The van der Waals surface area contributed by atoms with Crippen LogP contribution < -0.4 is 10.2 Å². The Bertz CT molecular complexity index is 905. The average Bonchev–Trinajstić information content (AvgIpc) is 2.92. The molecule has 1 saturated heterocycles. The Morgan fingerprint density at radius 1 is 0.893 bits per heavy atom. The molecular formula is C23H24N2O3. The lowest BCUT2D eigenvalue weighted by atomic mass is 9.81. The molecule has 2 atom stereocenters. The number of hydrogen-bond acceptors (Lipinski definition) is 3. The zero-order valence-corrected chi connectivity index (χ0v) is 16.2. The molecular weight excluding hydrogens is 352 g/mol. The van der Waals surface area contributed by atoms with E-state index in [1.165, 1.54) is 4.90 Å². The maximum absolute atomic E-state index is 12.7. The van der Waals surface area contributed by atoms with E-state index in [1.54, 1.807) is 24.3 Å². The minimum absolute atomic E-state index is 0.0952. The molecule has 144 valence electrons. The fourth-order valence-corrected chi connectivity index (χ4v) is 4.43. The average molecular weight is 376 g/mol. The van der Waals surface area contributed by atoms with Gasteiger partial charge in [0.15, 0.2) is 0 Å². The molecule has 1 aliphatic heterocycles. The number of carbonyl (C=O) groups excluding carboxylic acids is 3. The molecule has 0 radical (unpaired) electrons. The molecule has 0 spiro atoms. The van der Waals surface area contributed by atoms with Gasteiger partial charge in [-0.1, -0.05) is 18.9 Å². The zero-order valence-electron chi connectivity index (χ0n) is 16.2. The van der Waals surface area contributed by atoms with E-state index in [9.17, 15) is 14.4 Å². The first-order chi connectivity index (χ1) is 13.4. The highest BCUT2D eigenvalue weighted by molar-refractivity contribution is 6.22. The highest BCUT2D eigenvalue weighted by Crippen LogP contribution is 2.40. The van der Waals surface area contributed by atoms with Crippen molar-refractivity contribution in [1.29, 1.82) is 0 Å². The molecule has 1 aliphatic carbocycles. The number of amides is 3. The number of fused-ring (bicyclic) bond motifs is 1. The van der Waals surface area contributed by atoms with E-state index in [1.807, 2.05) is 32.0 Å². The van der Waals surface area contributed by atoms with Gasteiger partial charge in [0.05, 0.1) is 17.5 Å². The summed E-state index contributed by atoms with van der Waals surface area (Å²) < 4.78 is 0. The molecule has 0 aromatic heterocycles. The Hall–Kier alpha value is -2.95. The molecule has 4 rings (SSSR count). The van der Waals surface area contributed by atoms with E-state index in [4.69, 9.17) is 0 Å². The van der Waals surface area contributed by atoms with Crippen LogP contribution in [-0.2, 0) is 9.59 Å². The monoisotopic (exact) mass is 376 g/mol. The molecule has 2 aromatic carbocycles. The normalized spacial score (nSPS) is 21.6. The zero-order chi connectivity index (χ0) is 19.8. The summed E-state index contributed by atoms with van der Waals surface area (Å²) in [6, 6.07) is 12.6. The van der Waals surface area contributed by atoms with E-state index < -0.39 is 0 Å². The molecule has 1 N–H and O–H groups in total. The van der Waals surface area contributed by atoms with Crippen molar-refractivity contribution in [3.05, 3.63) is 59.2 Å². The minimum Gasteiger partial charge on any atom is -0.322 e. The minimum atomic E-state index is -0.218. The molecule has 28 heavy (non-hydrogen) atoms. The van der Waals surface area contributed by atoms with E-state index >= 15 is 0 Å². The second kappa shape index (κ2) is 7.23. The number of anilines is 2. The molecule has 2 aromatic rings. The van der Waals surface area contributed by atoms with Crippen molar-refractivity contribution in [3.8, 4) is 0 Å². The molecule has 0 bridgehead atoms. The fourth-order valence-electron chi connectivity index (χ4n) is 4.43. The number of imide groups is 1. The maximum atomic E-state index is 12.7. The summed E-state index contributed by atoms with van der Waals surface area (Å²) in [6.45, 7) is 3.97. The van der Waals surface area contributed by atoms with Gasteiger partial charge in [0.25, 0.3) is 5.91 Å². The lowest BCUT2D eigenvalue weighted by molar-refractivity contribution is -0.122. The Balaban J connectivity index is 1.51. The third-order valence-corrected chi connectivity index (χ3v) is 5.71. The summed E-state index contributed by atoms with van der Waals surface area (Å²) in [5.41, 5.74) is 3.95. The summed E-state index contributed by atoms with van der Waals surface area (Å²) in [6.07, 6.45) is 3.60. The predicted molar refractivity (Wildman–Crippen MR) is 108 cm³/mol. The van der Waals surface area contributed by atoms with Crippen molar-refractivity contribution < 1.29 is 14.4 Å². The lowest BCUT2D eigenvalue weighted by Crippen LogP contribution is -2.30. The Morgan fingerprint density at radius 3 is 1.96 bits per heavy atom. The van der Waals surface area contributed by atoms with Crippen molar-refractivity contribution >= 4 is 29.1 Å². The number of nitrogens with one attached hydrogen (secondary N) is 1. The molecule has 2 fully saturated rings. The Labute approximate surface area is 164 Å². The molecule has 3 amide bonds. The van der Waals surface area contributed by atoms with Gasteiger partial charge in [-0.3, -0.25) is 19.3 Å². The van der Waals surface area contributed by atoms with E-state index in [0.717, 1.165) is 42.5 Å². The fraction of sp³-hybridized carbons (Fsp3) is 0.348. The van der Waals surface area contributed by atoms with Crippen LogP contribution in [0.15, 0.2) is 42.5 Å². The lowest BCUT2D eigenvalue weighted by Gasteiger charge is -2.19. The highest BCUT2D eigenvalue weighted by atomic mass is 16.2. The topological polar surface area (TPSA) is 66.5 Å². The first-order valence-corrected chi connectivity index (χ1v) is 9.81. The van der Waals surface area contributed by atoms with Gasteiger partial charge in [0, 0.05) is 11.3 Å². The molecule has 0 unspecified atom stereocenters. The van der Waals surface area contributed by atoms with Crippen molar-refractivity contribution in [3.63, 3.8) is 0 Å². The van der Waals surface area contributed by atoms with Crippen LogP contribution in [0.2, 0.25) is 0 Å². The van der Waals surface area contributed by atoms with Gasteiger partial charge >= 0.3 is 0 Å². The van der Waals surface area contributed by atoms with Crippen LogP contribution in [0, 0.1) is 25.7 Å². The van der Waals surface area contributed by atoms with Crippen molar-refractivity contribution in [2.24, 2.45) is 11.8 Å². The number of benzene rings is 2. The highest BCUT2D eigenvalue weighted by Gasteiger charge is 2.48. The molecule has 2 aliphatic rings. The van der Waals surface area contributed by atoms with E-state index in [0.29, 0.717) is 11.3 Å². The van der Waals surface area contributed by atoms with Crippen LogP contribution in [0.3, 0.4) is 0 Å². The second-order valence-electron chi connectivity index (χ2n) is 7.89. The largest absolute Gasteiger partial charge is 0.322 e. The van der Waals surface area contributed by atoms with E-state index in [2.05, 4.69) is 5.32 Å². The first-order valence-electron chi connectivity index (χ1n) is 9.81. The second-order valence-corrected chi connectivity index (χ2v) is 7.89. The number of rotatable bonds is 3. The summed E-state index contributed by atoms with van der Waals surface area (Å²) in [5.74, 6) is -0.754. The first kappa shape index (κ1) is 18.4. The summed E-state index contributed by atoms with van der Waals surface area (Å²) in [7, 11) is 0. The number of nitrogens with zero attached hydrogens (tertiary/aromatic N) is 1. The number of hydrogen-bond donors (Lipinski definition) is 1. The van der Waals surface area contributed by atoms with Gasteiger partial charge in [0.2, 0.25) is 11.8 Å². The van der Waals surface area contributed by atoms with Crippen molar-refractivity contribution in [2.75, 3.05) is 10.2 Å². The van der Waals surface area contributed by atoms with Gasteiger partial charge in [-0.2, -0.15) is 0 Å². The van der Waals surface area contributed by atoms with Crippen LogP contribution in [0.25, 0.3) is 0 Å². The summed E-state index contributed by atoms with van der Waals surface area (Å²) >= 11 is 0. The smallest absolute Gasteiger partial charge is 0.255 e. The molecule has 5 heteroatoms. The SMILES string of the molecule is Cc1cc(C)cc(NC(=O)c2ccc(N3C(=O)[C@@H]4CCCC[C@H]4C3=O)cc2)c1. The van der Waals surface area contributed by atoms with E-state index in [-0.39, 0.29) is 29.6 Å². The van der Waals surface area contributed by atoms with Crippen molar-refractivity contribution in [1.82, 2.24) is 0 Å². The molecule has 1 saturated carbocycles. The standard InChI is InChI=1S/C23H24N2O3/c1-14-11-15(2)13-17(12-14)24-21(26)16-7-9-18(10-8-16)25-22(27)19-5-3-4-6-20(19)23(25)28/h7-13,19-20H,3-6H2,1-2H3,(H,24,26)/t19-,20-/m1/s1. The van der Waals surface area contributed by atoms with Crippen LogP contribution in [-0.4, -0.2) is 17.7 Å². The summed E-state index contributed by atoms with van der Waals surface area (Å²) in [5, 5.41) is 2.90. The Kier molecular flexibility index (Phi) is 4.75. The number of carbonyl (C=O) groups is 3. The quantitative estimate of drug-likeness (QED) is 0.815. The van der Waals surface area contributed by atoms with Crippen LogP contribution in [0.4, 0.5) is 11.4 Å². The third kappa shape index (κ3) is 3.33. The van der Waals surface area contributed by atoms with Gasteiger partial charge in [-0.15, -0.1) is 0 Å². The summed E-state index contributed by atoms with van der Waals surface area (Å²) in [4.78, 5) is 39.3. The van der Waals surface area contributed by atoms with Gasteiger partial charge in [0.1, 0.15) is 0 Å². The Morgan fingerprint density at radius 2 is 1.43 bits per heavy atom. The van der Waals surface area contributed by atoms with Crippen LogP contribution in [0.5, 0.6) is 0 Å². The maximum Gasteiger partial charge on any atom is 0.255 e. The van der Waals surface area contributed by atoms with Crippen molar-refractivity contribution in [2.45, 2.75) is 39.5 Å². The van der Waals surface area contributed by atoms with Crippen LogP contribution >= 0.6 is 0 Å². The van der Waals surface area contributed by atoms with Gasteiger partial charge < -0.3 is 5.32 Å². The van der Waals surface area contributed by atoms with Crippen LogP contribution in [0.1, 0.15) is 47.2 Å². The van der Waals surface area contributed by atoms with Gasteiger partial charge in [-0.25, -0.2) is 0 Å². The molecule has 1 heterocycles. The molecule has 5 nitrogen and oxygen atoms in total.